The van der Waals surface area contributed by atoms with Gasteiger partial charge < -0.3 is 10.0 Å². The largest absolute Gasteiger partial charge is 0.396 e. The second-order valence-electron chi connectivity index (χ2n) is 4.74. The Bertz CT molecular complexity index is 398. The molecule has 18 heavy (non-hydrogen) atoms. The number of nitrogens with zero attached hydrogens (tertiary/aromatic N) is 1. The van der Waals surface area contributed by atoms with Crippen LogP contribution < -0.4 is 0 Å². The number of hydrogen-bond donors (Lipinski definition) is 1. The Balaban J connectivity index is 2.87. The van der Waals surface area contributed by atoms with Gasteiger partial charge >= 0.3 is 0 Å². The minimum Gasteiger partial charge on any atom is -0.396 e. The highest BCUT2D eigenvalue weighted by molar-refractivity contribution is 7.14. The van der Waals surface area contributed by atoms with E-state index < -0.39 is 0 Å². The molecule has 0 bridgehead atoms. The molecule has 0 spiro atoms. The second-order valence-corrected chi connectivity index (χ2v) is 5.88. The highest BCUT2D eigenvalue weighted by Crippen LogP contribution is 2.24. The SMILES string of the molecule is CCc1sc(C(=O)N(CCCO)C(C)C)cc1C. The summed E-state index contributed by atoms with van der Waals surface area (Å²) in [6, 6.07) is 2.15. The van der Waals surface area contributed by atoms with Crippen molar-refractivity contribution in [1.82, 2.24) is 4.90 Å². The number of aliphatic hydroxyl groups excluding tert-OH is 1. The van der Waals surface area contributed by atoms with Crippen LogP contribution >= 0.6 is 11.3 Å². The van der Waals surface area contributed by atoms with Crippen LogP contribution in [0.2, 0.25) is 0 Å². The lowest BCUT2D eigenvalue weighted by atomic mass is 10.2. The molecule has 0 aliphatic rings. The molecule has 1 rings (SSSR count). The van der Waals surface area contributed by atoms with E-state index in [9.17, 15) is 4.79 Å². The topological polar surface area (TPSA) is 40.5 Å². The summed E-state index contributed by atoms with van der Waals surface area (Å²) in [5.41, 5.74) is 1.21. The van der Waals surface area contributed by atoms with Crippen molar-refractivity contribution < 1.29 is 9.90 Å². The first kappa shape index (κ1) is 15.2. The fourth-order valence-electron chi connectivity index (χ4n) is 1.95. The van der Waals surface area contributed by atoms with Crippen LogP contribution in [0.3, 0.4) is 0 Å². The number of amides is 1. The zero-order valence-corrected chi connectivity index (χ0v) is 12.5. The van der Waals surface area contributed by atoms with Crippen LogP contribution in [0.15, 0.2) is 6.07 Å². The molecule has 0 saturated heterocycles. The minimum absolute atomic E-state index is 0.0891. The van der Waals surface area contributed by atoms with Crippen LogP contribution in [0.4, 0.5) is 0 Å². The average molecular weight is 269 g/mol. The van der Waals surface area contributed by atoms with E-state index in [1.54, 1.807) is 11.3 Å². The molecule has 0 unspecified atom stereocenters. The maximum atomic E-state index is 12.4. The zero-order valence-electron chi connectivity index (χ0n) is 11.7. The van der Waals surface area contributed by atoms with E-state index in [0.717, 1.165) is 11.3 Å². The fourth-order valence-corrected chi connectivity index (χ4v) is 3.02. The average Bonchev–Trinajstić information content (AvgIpc) is 2.70. The van der Waals surface area contributed by atoms with E-state index in [1.165, 1.54) is 10.4 Å². The Morgan fingerprint density at radius 1 is 1.50 bits per heavy atom. The van der Waals surface area contributed by atoms with Gasteiger partial charge in [0.25, 0.3) is 5.91 Å². The van der Waals surface area contributed by atoms with Crippen LogP contribution in [0.5, 0.6) is 0 Å². The van der Waals surface area contributed by atoms with Crippen molar-refractivity contribution in [2.75, 3.05) is 13.2 Å². The molecule has 1 heterocycles. The van der Waals surface area contributed by atoms with E-state index in [1.807, 2.05) is 24.8 Å². The molecule has 0 radical (unpaired) electrons. The Morgan fingerprint density at radius 3 is 2.61 bits per heavy atom. The van der Waals surface area contributed by atoms with Gasteiger partial charge in [0.1, 0.15) is 0 Å². The van der Waals surface area contributed by atoms with E-state index in [-0.39, 0.29) is 18.6 Å². The Hall–Kier alpha value is -0.870. The van der Waals surface area contributed by atoms with E-state index >= 15 is 0 Å². The molecule has 0 fully saturated rings. The number of hydrogen-bond acceptors (Lipinski definition) is 3. The summed E-state index contributed by atoms with van der Waals surface area (Å²) in [5.74, 6) is 0.0891. The van der Waals surface area contributed by atoms with Gasteiger partial charge in [-0.05, 0) is 45.2 Å². The van der Waals surface area contributed by atoms with Crippen LogP contribution in [0.25, 0.3) is 0 Å². The van der Waals surface area contributed by atoms with Crippen molar-refractivity contribution in [1.29, 1.82) is 0 Å². The van der Waals surface area contributed by atoms with Crippen molar-refractivity contribution in [3.05, 3.63) is 21.4 Å². The normalized spacial score (nSPS) is 11.0. The molecule has 1 aromatic rings. The lowest BCUT2D eigenvalue weighted by Crippen LogP contribution is -2.37. The van der Waals surface area contributed by atoms with Gasteiger partial charge in [-0.1, -0.05) is 6.92 Å². The number of rotatable bonds is 6. The van der Waals surface area contributed by atoms with Gasteiger partial charge in [-0.25, -0.2) is 0 Å². The molecular formula is C14H23NO2S. The second kappa shape index (κ2) is 6.90. The fraction of sp³-hybridized carbons (Fsp3) is 0.643. The van der Waals surface area contributed by atoms with Crippen LogP contribution in [0.1, 0.15) is 47.3 Å². The molecule has 102 valence electrons. The molecule has 1 aromatic heterocycles. The van der Waals surface area contributed by atoms with Crippen molar-refractivity contribution in [2.24, 2.45) is 0 Å². The summed E-state index contributed by atoms with van der Waals surface area (Å²) < 4.78 is 0. The maximum Gasteiger partial charge on any atom is 0.264 e. The molecule has 0 aliphatic carbocycles. The molecule has 0 aliphatic heterocycles. The lowest BCUT2D eigenvalue weighted by molar-refractivity contribution is 0.0698. The molecular weight excluding hydrogens is 246 g/mol. The number of carbonyl (C=O) groups excluding carboxylic acids is 1. The van der Waals surface area contributed by atoms with Gasteiger partial charge in [0.15, 0.2) is 0 Å². The predicted octanol–water partition coefficient (Wildman–Crippen LogP) is 2.85. The predicted molar refractivity (Wildman–Crippen MR) is 76.3 cm³/mol. The van der Waals surface area contributed by atoms with Crippen molar-refractivity contribution in [2.45, 2.75) is 46.6 Å². The summed E-state index contributed by atoms with van der Waals surface area (Å²) >= 11 is 1.59. The van der Waals surface area contributed by atoms with Crippen molar-refractivity contribution in [3.63, 3.8) is 0 Å². The van der Waals surface area contributed by atoms with Gasteiger partial charge in [0.2, 0.25) is 0 Å². The van der Waals surface area contributed by atoms with Crippen molar-refractivity contribution >= 4 is 17.2 Å². The number of aliphatic hydroxyl groups is 1. The monoisotopic (exact) mass is 269 g/mol. The summed E-state index contributed by atoms with van der Waals surface area (Å²) in [6.07, 6.45) is 1.61. The smallest absolute Gasteiger partial charge is 0.264 e. The van der Waals surface area contributed by atoms with Gasteiger partial charge in [0, 0.05) is 24.1 Å². The molecule has 0 aromatic carbocycles. The van der Waals surface area contributed by atoms with Crippen LogP contribution in [0, 0.1) is 6.92 Å². The zero-order chi connectivity index (χ0) is 13.7. The summed E-state index contributed by atoms with van der Waals surface area (Å²) in [7, 11) is 0. The first-order valence-electron chi connectivity index (χ1n) is 6.52. The van der Waals surface area contributed by atoms with Crippen molar-refractivity contribution in [3.8, 4) is 0 Å². The van der Waals surface area contributed by atoms with E-state index in [0.29, 0.717) is 13.0 Å². The lowest BCUT2D eigenvalue weighted by Gasteiger charge is -2.26. The Morgan fingerprint density at radius 2 is 2.17 bits per heavy atom. The molecule has 0 saturated carbocycles. The summed E-state index contributed by atoms with van der Waals surface area (Å²) in [5, 5.41) is 8.90. The van der Waals surface area contributed by atoms with E-state index in [2.05, 4.69) is 13.8 Å². The summed E-state index contributed by atoms with van der Waals surface area (Å²) in [4.78, 5) is 16.4. The van der Waals surface area contributed by atoms with Gasteiger partial charge in [0.05, 0.1) is 4.88 Å². The summed E-state index contributed by atoms with van der Waals surface area (Å²) in [6.45, 7) is 8.93. The Labute approximate surface area is 113 Å². The number of carbonyl (C=O) groups is 1. The third kappa shape index (κ3) is 3.56. The maximum absolute atomic E-state index is 12.4. The Kier molecular flexibility index (Phi) is 5.82. The highest BCUT2D eigenvalue weighted by atomic mass is 32.1. The molecule has 1 N–H and O–H groups in total. The molecule has 4 heteroatoms. The first-order chi connectivity index (χ1) is 8.51. The third-order valence-electron chi connectivity index (χ3n) is 2.99. The van der Waals surface area contributed by atoms with Gasteiger partial charge in [-0.3, -0.25) is 4.79 Å². The first-order valence-corrected chi connectivity index (χ1v) is 7.34. The minimum atomic E-state index is 0.0891. The number of thiophene rings is 1. The number of aryl methyl sites for hydroxylation is 2. The quantitative estimate of drug-likeness (QED) is 0.862. The molecule has 0 atom stereocenters. The van der Waals surface area contributed by atoms with Crippen LogP contribution in [-0.4, -0.2) is 35.1 Å². The standard InChI is InChI=1S/C14H23NO2S/c1-5-12-11(4)9-13(18-12)14(17)15(10(2)3)7-6-8-16/h9-10,16H,5-8H2,1-4H3. The molecule has 3 nitrogen and oxygen atoms in total. The van der Waals surface area contributed by atoms with Gasteiger partial charge in [-0.2, -0.15) is 0 Å². The van der Waals surface area contributed by atoms with E-state index in [4.69, 9.17) is 5.11 Å². The van der Waals surface area contributed by atoms with Crippen LogP contribution in [-0.2, 0) is 6.42 Å². The third-order valence-corrected chi connectivity index (χ3v) is 4.36. The highest BCUT2D eigenvalue weighted by Gasteiger charge is 2.20. The molecule has 1 amide bonds. The van der Waals surface area contributed by atoms with Gasteiger partial charge in [-0.15, -0.1) is 11.3 Å².